The number of amides is 1. The summed E-state index contributed by atoms with van der Waals surface area (Å²) in [6.45, 7) is 18.7. The number of carbonyl (C=O) groups excluding carboxylic acids is 2. The summed E-state index contributed by atoms with van der Waals surface area (Å²) in [5.41, 5.74) is -0.514. The molecule has 0 heterocycles. The second-order valence-electron chi connectivity index (χ2n) is 12.7. The molecule has 16 nitrogen and oxygen atoms in total. The summed E-state index contributed by atoms with van der Waals surface area (Å²) in [5, 5.41) is 0. The van der Waals surface area contributed by atoms with Gasteiger partial charge in [-0.2, -0.15) is 0 Å². The first kappa shape index (κ1) is 51.3. The Morgan fingerprint density at radius 1 is 0.434 bits per heavy atom. The molecule has 0 saturated heterocycles. The van der Waals surface area contributed by atoms with Crippen LogP contribution in [0.3, 0.4) is 0 Å². The number of unbranched alkanes of at least 4 members (excludes halogenated alkanes) is 3. The molecule has 0 rings (SSSR count). The van der Waals surface area contributed by atoms with Gasteiger partial charge < -0.3 is 66.5 Å². The molecule has 0 radical (unpaired) electrons. The smallest absolute Gasteiger partial charge is 0.410 e. The topological polar surface area (TPSA) is 157 Å². The standard InChI is InChI=1S/C37H73NO15/c1-6-7-8-9-10-35(39)52-34-33-51-32-31-50-30-29-49-28-27-48-26-25-47-24-23-46-22-21-45-20-19-44-18-17-43-16-15-42-14-13-41-12-11-38(5)36(40)53-37(2,3)4/h6-34H2,1-5H3. The van der Waals surface area contributed by atoms with Gasteiger partial charge in [0.1, 0.15) is 12.2 Å². The first-order valence-corrected chi connectivity index (χ1v) is 19.2. The minimum atomic E-state index is -0.514. The fourth-order valence-corrected chi connectivity index (χ4v) is 3.92. The molecule has 0 aromatic heterocycles. The molecule has 0 atom stereocenters. The molecule has 316 valence electrons. The van der Waals surface area contributed by atoms with Crippen LogP contribution >= 0.6 is 0 Å². The third-order valence-electron chi connectivity index (χ3n) is 6.72. The molecule has 0 fully saturated rings. The van der Waals surface area contributed by atoms with Crippen molar-refractivity contribution in [3.8, 4) is 0 Å². The third kappa shape index (κ3) is 42.9. The first-order valence-electron chi connectivity index (χ1n) is 19.2. The van der Waals surface area contributed by atoms with Crippen LogP contribution in [0.5, 0.6) is 0 Å². The Bertz CT molecular complexity index is 788. The van der Waals surface area contributed by atoms with E-state index in [2.05, 4.69) is 6.92 Å². The van der Waals surface area contributed by atoms with E-state index in [0.717, 1.165) is 25.7 Å². The van der Waals surface area contributed by atoms with E-state index in [9.17, 15) is 9.59 Å². The predicted octanol–water partition coefficient (Wildman–Crippen LogP) is 3.55. The van der Waals surface area contributed by atoms with Gasteiger partial charge in [-0.25, -0.2) is 4.79 Å². The molecule has 0 spiro atoms. The Hall–Kier alpha value is -1.70. The molecule has 0 aromatic carbocycles. The fourth-order valence-electron chi connectivity index (χ4n) is 3.92. The van der Waals surface area contributed by atoms with E-state index in [0.29, 0.717) is 158 Å². The van der Waals surface area contributed by atoms with Gasteiger partial charge in [0.2, 0.25) is 0 Å². The normalized spacial score (nSPS) is 11.6. The molecule has 0 bridgehead atoms. The van der Waals surface area contributed by atoms with Crippen molar-refractivity contribution >= 4 is 12.1 Å². The molecule has 0 N–H and O–H groups in total. The Balaban J connectivity index is 3.16. The maximum absolute atomic E-state index is 11.9. The number of rotatable bonds is 41. The largest absolute Gasteiger partial charge is 0.463 e. The van der Waals surface area contributed by atoms with Crippen molar-refractivity contribution in [1.82, 2.24) is 4.90 Å². The number of hydrogen-bond donors (Lipinski definition) is 0. The van der Waals surface area contributed by atoms with Crippen molar-refractivity contribution in [3.63, 3.8) is 0 Å². The fraction of sp³-hybridized carbons (Fsp3) is 0.946. The highest BCUT2D eigenvalue weighted by Crippen LogP contribution is 2.09. The van der Waals surface area contributed by atoms with Gasteiger partial charge in [0.25, 0.3) is 0 Å². The summed E-state index contributed by atoms with van der Waals surface area (Å²) in [7, 11) is 1.68. The maximum atomic E-state index is 11.9. The molecule has 1 amide bonds. The van der Waals surface area contributed by atoms with Crippen LogP contribution < -0.4 is 0 Å². The van der Waals surface area contributed by atoms with E-state index in [-0.39, 0.29) is 18.7 Å². The summed E-state index contributed by atoms with van der Waals surface area (Å²) in [6.07, 6.45) is 4.37. The lowest BCUT2D eigenvalue weighted by atomic mass is 10.2. The Morgan fingerprint density at radius 2 is 0.736 bits per heavy atom. The zero-order valence-electron chi connectivity index (χ0n) is 33.6. The zero-order chi connectivity index (χ0) is 38.9. The summed E-state index contributed by atoms with van der Waals surface area (Å²) in [4.78, 5) is 24.9. The molecule has 0 aromatic rings. The highest BCUT2D eigenvalue weighted by Gasteiger charge is 2.19. The molecular weight excluding hydrogens is 698 g/mol. The van der Waals surface area contributed by atoms with Gasteiger partial charge in [0.15, 0.2) is 0 Å². The number of ether oxygens (including phenoxy) is 13. The molecule has 0 saturated carbocycles. The van der Waals surface area contributed by atoms with Gasteiger partial charge in [-0.1, -0.05) is 26.2 Å². The average Bonchev–Trinajstić information content (AvgIpc) is 3.12. The van der Waals surface area contributed by atoms with Crippen LogP contribution in [0.1, 0.15) is 59.8 Å². The van der Waals surface area contributed by atoms with Crippen LogP contribution in [0.25, 0.3) is 0 Å². The zero-order valence-corrected chi connectivity index (χ0v) is 33.6. The van der Waals surface area contributed by atoms with E-state index in [1.54, 1.807) is 7.05 Å². The molecule has 0 aliphatic heterocycles. The van der Waals surface area contributed by atoms with Gasteiger partial charge in [-0.15, -0.1) is 0 Å². The maximum Gasteiger partial charge on any atom is 0.410 e. The summed E-state index contributed by atoms with van der Waals surface area (Å²) < 4.78 is 70.6. The third-order valence-corrected chi connectivity index (χ3v) is 6.72. The van der Waals surface area contributed by atoms with Crippen molar-refractivity contribution < 1.29 is 71.2 Å². The van der Waals surface area contributed by atoms with Crippen LogP contribution in [0, 0.1) is 0 Å². The minimum absolute atomic E-state index is 0.156. The minimum Gasteiger partial charge on any atom is -0.463 e. The van der Waals surface area contributed by atoms with Crippen molar-refractivity contribution in [2.24, 2.45) is 0 Å². The lowest BCUT2D eigenvalue weighted by Gasteiger charge is -2.24. The SMILES string of the molecule is CCCCCCC(=O)OCCOCCOCCOCCOCCOCCOCCOCCOCCOCCOCCOCCN(C)C(=O)OC(C)(C)C. The first-order chi connectivity index (χ1) is 25.8. The molecule has 16 heteroatoms. The second kappa shape index (κ2) is 40.0. The van der Waals surface area contributed by atoms with Crippen molar-refractivity contribution in [3.05, 3.63) is 0 Å². The van der Waals surface area contributed by atoms with Gasteiger partial charge >= 0.3 is 12.1 Å². The van der Waals surface area contributed by atoms with Gasteiger partial charge in [-0.05, 0) is 27.2 Å². The summed E-state index contributed by atoms with van der Waals surface area (Å²) in [5.74, 6) is -0.156. The van der Waals surface area contributed by atoms with Gasteiger partial charge in [-0.3, -0.25) is 4.79 Å². The second-order valence-corrected chi connectivity index (χ2v) is 12.7. The Kier molecular flexibility index (Phi) is 38.7. The van der Waals surface area contributed by atoms with Gasteiger partial charge in [0, 0.05) is 20.0 Å². The van der Waals surface area contributed by atoms with E-state index in [4.69, 9.17) is 61.6 Å². The van der Waals surface area contributed by atoms with Crippen molar-refractivity contribution in [2.45, 2.75) is 65.4 Å². The van der Waals surface area contributed by atoms with E-state index < -0.39 is 5.60 Å². The number of likely N-dealkylation sites (N-methyl/N-ethyl adjacent to an activating group) is 1. The number of carbonyl (C=O) groups is 2. The highest BCUT2D eigenvalue weighted by molar-refractivity contribution is 5.69. The number of hydrogen-bond acceptors (Lipinski definition) is 15. The van der Waals surface area contributed by atoms with Crippen LogP contribution in [0.4, 0.5) is 4.79 Å². The van der Waals surface area contributed by atoms with Crippen molar-refractivity contribution in [2.75, 3.05) is 166 Å². The van der Waals surface area contributed by atoms with E-state index in [1.807, 2.05) is 20.8 Å². The van der Waals surface area contributed by atoms with Crippen molar-refractivity contribution in [1.29, 1.82) is 0 Å². The average molecular weight is 772 g/mol. The van der Waals surface area contributed by atoms with Crippen LogP contribution in [-0.2, 0) is 66.4 Å². The van der Waals surface area contributed by atoms with Crippen LogP contribution in [0.15, 0.2) is 0 Å². The monoisotopic (exact) mass is 771 g/mol. The summed E-state index contributed by atoms with van der Waals surface area (Å²) in [6, 6.07) is 0. The lowest BCUT2D eigenvalue weighted by Crippen LogP contribution is -2.36. The van der Waals surface area contributed by atoms with Gasteiger partial charge in [0.05, 0.1) is 145 Å². The molecule has 0 aliphatic carbocycles. The molecule has 53 heavy (non-hydrogen) atoms. The Morgan fingerprint density at radius 3 is 1.04 bits per heavy atom. The van der Waals surface area contributed by atoms with E-state index in [1.165, 1.54) is 4.90 Å². The number of esters is 1. The molecule has 0 unspecified atom stereocenters. The van der Waals surface area contributed by atoms with Crippen LogP contribution in [-0.4, -0.2) is 188 Å². The van der Waals surface area contributed by atoms with E-state index >= 15 is 0 Å². The Labute approximate surface area is 318 Å². The number of nitrogens with zero attached hydrogens (tertiary/aromatic N) is 1. The lowest BCUT2D eigenvalue weighted by molar-refractivity contribution is -0.145. The molecule has 0 aliphatic rings. The summed E-state index contributed by atoms with van der Waals surface area (Å²) >= 11 is 0. The van der Waals surface area contributed by atoms with Crippen LogP contribution in [0.2, 0.25) is 0 Å². The predicted molar refractivity (Wildman–Crippen MR) is 198 cm³/mol. The molecular formula is C37H73NO15. The quantitative estimate of drug-likeness (QED) is 0.0656. The highest BCUT2D eigenvalue weighted by atomic mass is 16.6.